The molecule has 1 N–H and O–H groups in total. The molecule has 0 bridgehead atoms. The number of hydrogen-bond donors (Lipinski definition) is 1. The summed E-state index contributed by atoms with van der Waals surface area (Å²) in [4.78, 5) is 33.3. The van der Waals surface area contributed by atoms with Gasteiger partial charge in [-0.05, 0) is 74.4 Å². The summed E-state index contributed by atoms with van der Waals surface area (Å²) < 4.78 is 46.1. The first-order valence-electron chi connectivity index (χ1n) is 12.4. The highest BCUT2D eigenvalue weighted by atomic mass is 19.4. The third-order valence-electron chi connectivity index (χ3n) is 6.51. The first-order chi connectivity index (χ1) is 19.0. The SMILES string of the molecule is CNC(=O)c1cc(Cn2nc(C)c(CC(=O)c3ccc(COc4ccc(C(F)(F)F)cc4C)nc3)c2C)ccn1. The van der Waals surface area contributed by atoms with Crippen molar-refractivity contribution in [3.63, 3.8) is 0 Å². The second-order valence-electron chi connectivity index (χ2n) is 9.34. The molecule has 0 spiro atoms. The number of carbonyl (C=O) groups excluding carboxylic acids is 2. The van der Waals surface area contributed by atoms with E-state index in [0.717, 1.165) is 34.6 Å². The summed E-state index contributed by atoms with van der Waals surface area (Å²) in [7, 11) is 1.54. The van der Waals surface area contributed by atoms with E-state index in [1.54, 1.807) is 43.0 Å². The Morgan fingerprint density at radius 3 is 2.45 bits per heavy atom. The minimum atomic E-state index is -4.42. The molecular formula is C29H28F3N5O3. The smallest absolute Gasteiger partial charge is 0.416 e. The average molecular weight is 552 g/mol. The van der Waals surface area contributed by atoms with Crippen molar-refractivity contribution < 1.29 is 27.5 Å². The first kappa shape index (κ1) is 28.5. The molecule has 0 atom stereocenters. The van der Waals surface area contributed by atoms with Crippen LogP contribution in [0.5, 0.6) is 5.75 Å². The van der Waals surface area contributed by atoms with E-state index in [-0.39, 0.29) is 24.7 Å². The standard InChI is InChI=1S/C29H28F3N5O3/c1-17-11-22(29(30,31)32)6-8-27(17)40-16-23-7-5-21(14-35-23)26(38)13-24-18(2)36-37(19(24)3)15-20-9-10-34-25(12-20)28(39)33-4/h5-12,14H,13,15-16H2,1-4H3,(H,33,39). The zero-order valence-corrected chi connectivity index (χ0v) is 22.5. The molecule has 0 saturated heterocycles. The van der Waals surface area contributed by atoms with Gasteiger partial charge in [-0.2, -0.15) is 18.3 Å². The first-order valence-corrected chi connectivity index (χ1v) is 12.4. The summed E-state index contributed by atoms with van der Waals surface area (Å²) in [5.41, 5.74) is 4.14. The molecular weight excluding hydrogens is 523 g/mol. The van der Waals surface area contributed by atoms with E-state index in [0.29, 0.717) is 34.8 Å². The van der Waals surface area contributed by atoms with Gasteiger partial charge in [-0.15, -0.1) is 0 Å². The van der Waals surface area contributed by atoms with Crippen LogP contribution in [0.1, 0.15) is 60.2 Å². The lowest BCUT2D eigenvalue weighted by Gasteiger charge is -2.12. The van der Waals surface area contributed by atoms with Gasteiger partial charge in [-0.25, -0.2) is 0 Å². The van der Waals surface area contributed by atoms with Crippen molar-refractivity contribution in [2.75, 3.05) is 7.05 Å². The van der Waals surface area contributed by atoms with Gasteiger partial charge in [0.2, 0.25) is 0 Å². The number of nitrogens with zero attached hydrogens (tertiary/aromatic N) is 4. The molecule has 0 saturated carbocycles. The molecule has 208 valence electrons. The van der Waals surface area contributed by atoms with Gasteiger partial charge in [0.25, 0.3) is 5.91 Å². The molecule has 0 aliphatic heterocycles. The van der Waals surface area contributed by atoms with Crippen molar-refractivity contribution >= 4 is 11.7 Å². The highest BCUT2D eigenvalue weighted by molar-refractivity contribution is 5.97. The molecule has 0 aliphatic rings. The number of aromatic nitrogens is 4. The maximum absolute atomic E-state index is 13.0. The fraction of sp³-hybridized carbons (Fsp3) is 0.276. The van der Waals surface area contributed by atoms with Gasteiger partial charge in [0, 0.05) is 42.7 Å². The number of alkyl halides is 3. The van der Waals surface area contributed by atoms with Crippen molar-refractivity contribution in [3.8, 4) is 5.75 Å². The second kappa shape index (κ2) is 11.7. The minimum absolute atomic E-state index is 0.0439. The van der Waals surface area contributed by atoms with Crippen LogP contribution < -0.4 is 10.1 Å². The second-order valence-corrected chi connectivity index (χ2v) is 9.34. The zero-order valence-electron chi connectivity index (χ0n) is 22.5. The Morgan fingerprint density at radius 2 is 1.80 bits per heavy atom. The van der Waals surface area contributed by atoms with Gasteiger partial charge in [0.15, 0.2) is 5.78 Å². The number of nitrogens with one attached hydrogen (secondary N) is 1. The van der Waals surface area contributed by atoms with Crippen molar-refractivity contribution in [1.29, 1.82) is 0 Å². The lowest BCUT2D eigenvalue weighted by molar-refractivity contribution is -0.137. The molecule has 3 aromatic heterocycles. The molecule has 11 heteroatoms. The molecule has 8 nitrogen and oxygen atoms in total. The van der Waals surface area contributed by atoms with Gasteiger partial charge >= 0.3 is 6.18 Å². The largest absolute Gasteiger partial charge is 0.487 e. The van der Waals surface area contributed by atoms with E-state index in [1.165, 1.54) is 12.3 Å². The van der Waals surface area contributed by atoms with Gasteiger partial charge in [0.05, 0.1) is 23.5 Å². The predicted octanol–water partition coefficient (Wildman–Crippen LogP) is 5.03. The average Bonchev–Trinajstić information content (AvgIpc) is 3.18. The molecule has 0 fully saturated rings. The van der Waals surface area contributed by atoms with Gasteiger partial charge in [-0.1, -0.05) is 0 Å². The van der Waals surface area contributed by atoms with Crippen LogP contribution in [-0.4, -0.2) is 38.5 Å². The summed E-state index contributed by atoms with van der Waals surface area (Å²) in [5, 5.41) is 7.14. The number of hydrogen-bond acceptors (Lipinski definition) is 6. The summed E-state index contributed by atoms with van der Waals surface area (Å²) in [5.74, 6) is -0.0768. The van der Waals surface area contributed by atoms with Crippen LogP contribution in [0.2, 0.25) is 0 Å². The Labute approximate surface area is 229 Å². The predicted molar refractivity (Wildman–Crippen MR) is 141 cm³/mol. The van der Waals surface area contributed by atoms with Crippen LogP contribution in [0.15, 0.2) is 54.9 Å². The summed E-state index contributed by atoms with van der Waals surface area (Å²) >= 11 is 0. The Hall–Kier alpha value is -4.54. The Balaban J connectivity index is 1.40. The Bertz CT molecular complexity index is 1550. The maximum Gasteiger partial charge on any atom is 0.416 e. The number of benzene rings is 1. The molecule has 4 rings (SSSR count). The number of rotatable bonds is 9. The van der Waals surface area contributed by atoms with Crippen LogP contribution >= 0.6 is 0 Å². The number of amides is 1. The third-order valence-corrected chi connectivity index (χ3v) is 6.51. The summed E-state index contributed by atoms with van der Waals surface area (Å²) in [6.45, 7) is 5.75. The molecule has 1 amide bonds. The number of halogens is 3. The minimum Gasteiger partial charge on any atom is -0.487 e. The van der Waals surface area contributed by atoms with Gasteiger partial charge in [0.1, 0.15) is 18.1 Å². The highest BCUT2D eigenvalue weighted by Gasteiger charge is 2.30. The molecule has 1 aromatic carbocycles. The monoisotopic (exact) mass is 551 g/mol. The molecule has 40 heavy (non-hydrogen) atoms. The maximum atomic E-state index is 13.0. The van der Waals surface area contributed by atoms with E-state index in [9.17, 15) is 22.8 Å². The fourth-order valence-corrected chi connectivity index (χ4v) is 4.22. The van der Waals surface area contributed by atoms with Crippen LogP contribution in [0.25, 0.3) is 0 Å². The molecule has 0 radical (unpaired) electrons. The molecule has 0 unspecified atom stereocenters. The van der Waals surface area contributed by atoms with E-state index >= 15 is 0 Å². The number of Topliss-reactive ketones (excluding diaryl/α,β-unsaturated/α-hetero) is 1. The van der Waals surface area contributed by atoms with Crippen LogP contribution in [0.4, 0.5) is 13.2 Å². The normalized spacial score (nSPS) is 11.4. The fourth-order valence-electron chi connectivity index (χ4n) is 4.22. The van der Waals surface area contributed by atoms with Crippen molar-refractivity contribution in [3.05, 3.63) is 105 Å². The number of aryl methyl sites for hydroxylation is 2. The zero-order chi connectivity index (χ0) is 29.0. The Kier molecular flexibility index (Phi) is 8.32. The van der Waals surface area contributed by atoms with Gasteiger partial charge in [-0.3, -0.25) is 24.2 Å². The number of carbonyl (C=O) groups is 2. The van der Waals surface area contributed by atoms with Crippen LogP contribution in [0.3, 0.4) is 0 Å². The summed E-state index contributed by atoms with van der Waals surface area (Å²) in [6.07, 6.45) is -1.24. The quantitative estimate of drug-likeness (QED) is 0.293. The van der Waals surface area contributed by atoms with E-state index in [4.69, 9.17) is 4.74 Å². The van der Waals surface area contributed by atoms with Crippen LogP contribution in [-0.2, 0) is 25.7 Å². The number of ether oxygens (including phenoxy) is 1. The topological polar surface area (TPSA) is 99.0 Å². The van der Waals surface area contributed by atoms with Crippen LogP contribution in [0, 0.1) is 20.8 Å². The van der Waals surface area contributed by atoms with Crippen molar-refractivity contribution in [1.82, 2.24) is 25.1 Å². The van der Waals surface area contributed by atoms with E-state index in [1.807, 2.05) is 19.9 Å². The van der Waals surface area contributed by atoms with E-state index in [2.05, 4.69) is 20.4 Å². The lowest BCUT2D eigenvalue weighted by atomic mass is 10.0. The Morgan fingerprint density at radius 1 is 1.02 bits per heavy atom. The number of pyridine rings is 2. The summed E-state index contributed by atoms with van der Waals surface area (Å²) in [6, 6.07) is 10.1. The van der Waals surface area contributed by atoms with Crippen molar-refractivity contribution in [2.45, 2.75) is 46.5 Å². The number of ketones is 1. The molecule has 3 heterocycles. The van der Waals surface area contributed by atoms with Crippen molar-refractivity contribution in [2.24, 2.45) is 0 Å². The third kappa shape index (κ3) is 6.53. The lowest BCUT2D eigenvalue weighted by Crippen LogP contribution is -2.19. The van der Waals surface area contributed by atoms with Gasteiger partial charge < -0.3 is 10.1 Å². The van der Waals surface area contributed by atoms with E-state index < -0.39 is 11.7 Å². The molecule has 0 aliphatic carbocycles. The highest BCUT2D eigenvalue weighted by Crippen LogP contribution is 2.32. The molecule has 4 aromatic rings.